The Morgan fingerprint density at radius 3 is 3.08 bits per heavy atom. The number of rotatable bonds is 2. The van der Waals surface area contributed by atoms with Crippen molar-refractivity contribution < 1.29 is 4.79 Å². The number of hydrazine groups is 1. The van der Waals surface area contributed by atoms with Gasteiger partial charge in [0.05, 0.1) is 0 Å². The summed E-state index contributed by atoms with van der Waals surface area (Å²) in [6, 6.07) is 3.80. The van der Waals surface area contributed by atoms with Crippen LogP contribution in [0.25, 0.3) is 0 Å². The third kappa shape index (κ3) is 2.54. The summed E-state index contributed by atoms with van der Waals surface area (Å²) in [5, 5.41) is 1.98. The molecule has 1 unspecified atom stereocenters. The zero-order valence-electron chi connectivity index (χ0n) is 14.1. The van der Waals surface area contributed by atoms with Gasteiger partial charge in [0.1, 0.15) is 12.4 Å². The van der Waals surface area contributed by atoms with Crippen molar-refractivity contribution in [3.8, 4) is 0 Å². The highest BCUT2D eigenvalue weighted by Crippen LogP contribution is 2.29. The molecule has 7 nitrogen and oxygen atoms in total. The van der Waals surface area contributed by atoms with Crippen LogP contribution in [0.2, 0.25) is 0 Å². The van der Waals surface area contributed by atoms with Gasteiger partial charge in [0.25, 0.3) is 5.91 Å². The van der Waals surface area contributed by atoms with E-state index in [0.717, 1.165) is 43.3 Å². The normalized spacial score (nSPS) is 23.6. The van der Waals surface area contributed by atoms with Gasteiger partial charge in [0.15, 0.2) is 0 Å². The molecule has 0 bridgehead atoms. The van der Waals surface area contributed by atoms with E-state index in [1.165, 1.54) is 5.70 Å². The number of aromatic nitrogens is 1. The highest BCUT2D eigenvalue weighted by molar-refractivity contribution is 6.05. The molecule has 1 fully saturated rings. The number of likely N-dealkylation sites (tertiary alicyclic amines) is 1. The SMILES string of the molecule is CC1=NC2=NCNN2C(C2CCCN(C(=O)c3cccn3C)C2)=C1. The van der Waals surface area contributed by atoms with Gasteiger partial charge >= 0.3 is 0 Å². The van der Waals surface area contributed by atoms with Crippen LogP contribution in [-0.2, 0) is 7.05 Å². The van der Waals surface area contributed by atoms with Crippen molar-refractivity contribution in [3.63, 3.8) is 0 Å². The van der Waals surface area contributed by atoms with Crippen LogP contribution in [0, 0.1) is 5.92 Å². The molecule has 4 rings (SSSR count). The molecule has 24 heavy (non-hydrogen) atoms. The van der Waals surface area contributed by atoms with E-state index < -0.39 is 0 Å². The van der Waals surface area contributed by atoms with E-state index in [0.29, 0.717) is 12.6 Å². The third-order valence-corrected chi connectivity index (χ3v) is 4.83. The Balaban J connectivity index is 1.55. The number of nitrogens with one attached hydrogen (secondary N) is 1. The summed E-state index contributed by atoms with van der Waals surface area (Å²) in [7, 11) is 1.91. The monoisotopic (exact) mass is 326 g/mol. The lowest BCUT2D eigenvalue weighted by atomic mass is 9.92. The quantitative estimate of drug-likeness (QED) is 0.893. The first-order chi connectivity index (χ1) is 11.6. The number of allylic oxidation sites excluding steroid dienone is 1. The number of amides is 1. The van der Waals surface area contributed by atoms with Gasteiger partial charge in [-0.05, 0) is 38.0 Å². The first-order valence-electron chi connectivity index (χ1n) is 8.39. The molecule has 1 aromatic rings. The topological polar surface area (TPSA) is 65.2 Å². The molecule has 0 saturated carbocycles. The molecule has 0 aromatic carbocycles. The average Bonchev–Trinajstić information content (AvgIpc) is 3.22. The zero-order chi connectivity index (χ0) is 16.7. The fourth-order valence-corrected chi connectivity index (χ4v) is 3.63. The highest BCUT2D eigenvalue weighted by Gasteiger charge is 2.33. The Morgan fingerprint density at radius 2 is 2.29 bits per heavy atom. The summed E-state index contributed by atoms with van der Waals surface area (Å²) in [5.74, 6) is 1.14. The lowest BCUT2D eigenvalue weighted by molar-refractivity contribution is 0.0669. The molecule has 1 N–H and O–H groups in total. The summed E-state index contributed by atoms with van der Waals surface area (Å²) < 4.78 is 1.88. The van der Waals surface area contributed by atoms with Gasteiger partial charge in [0.2, 0.25) is 5.96 Å². The summed E-state index contributed by atoms with van der Waals surface area (Å²) in [6.07, 6.45) is 6.10. The maximum Gasteiger partial charge on any atom is 0.270 e. The molecule has 1 atom stereocenters. The Kier molecular flexibility index (Phi) is 3.72. The number of aryl methyl sites for hydroxylation is 1. The van der Waals surface area contributed by atoms with Crippen LogP contribution in [0.1, 0.15) is 30.3 Å². The van der Waals surface area contributed by atoms with Crippen molar-refractivity contribution in [3.05, 3.63) is 35.8 Å². The number of piperidine rings is 1. The smallest absolute Gasteiger partial charge is 0.270 e. The Morgan fingerprint density at radius 1 is 1.42 bits per heavy atom. The van der Waals surface area contributed by atoms with Gasteiger partial charge in [-0.2, -0.15) is 0 Å². The number of nitrogens with zero attached hydrogens (tertiary/aromatic N) is 5. The van der Waals surface area contributed by atoms with E-state index in [9.17, 15) is 4.79 Å². The van der Waals surface area contributed by atoms with E-state index in [-0.39, 0.29) is 5.91 Å². The summed E-state index contributed by atoms with van der Waals surface area (Å²) >= 11 is 0. The van der Waals surface area contributed by atoms with Crippen molar-refractivity contribution in [2.24, 2.45) is 23.0 Å². The van der Waals surface area contributed by atoms with Gasteiger partial charge < -0.3 is 9.47 Å². The number of aliphatic imine (C=N–C) groups is 2. The van der Waals surface area contributed by atoms with E-state index in [2.05, 4.69) is 21.5 Å². The van der Waals surface area contributed by atoms with E-state index in [1.807, 2.05) is 46.8 Å². The Labute approximate surface area is 141 Å². The van der Waals surface area contributed by atoms with E-state index in [4.69, 9.17) is 0 Å². The van der Waals surface area contributed by atoms with Gasteiger partial charge in [-0.25, -0.2) is 20.4 Å². The summed E-state index contributed by atoms with van der Waals surface area (Å²) in [6.45, 7) is 4.10. The second-order valence-corrected chi connectivity index (χ2v) is 6.53. The van der Waals surface area contributed by atoms with Crippen LogP contribution >= 0.6 is 0 Å². The number of carbonyl (C=O) groups is 1. The van der Waals surface area contributed by atoms with Gasteiger partial charge in [-0.15, -0.1) is 0 Å². The first-order valence-corrected chi connectivity index (χ1v) is 8.39. The first kappa shape index (κ1) is 15.1. The lowest BCUT2D eigenvalue weighted by Gasteiger charge is -2.37. The zero-order valence-corrected chi connectivity index (χ0v) is 14.1. The molecular weight excluding hydrogens is 304 g/mol. The highest BCUT2D eigenvalue weighted by atomic mass is 16.2. The van der Waals surface area contributed by atoms with Gasteiger partial charge in [0, 0.05) is 43.7 Å². The maximum absolute atomic E-state index is 12.8. The fraction of sp³-hybridized carbons (Fsp3) is 0.471. The van der Waals surface area contributed by atoms with Crippen molar-refractivity contribution in [1.29, 1.82) is 0 Å². The van der Waals surface area contributed by atoms with Crippen molar-refractivity contribution in [2.75, 3.05) is 19.8 Å². The molecule has 1 amide bonds. The number of hydrogen-bond donors (Lipinski definition) is 1. The molecule has 1 saturated heterocycles. The van der Waals surface area contributed by atoms with Crippen molar-refractivity contribution >= 4 is 17.6 Å². The largest absolute Gasteiger partial charge is 0.347 e. The molecule has 7 heteroatoms. The molecule has 3 aliphatic rings. The third-order valence-electron chi connectivity index (χ3n) is 4.83. The molecule has 3 aliphatic heterocycles. The number of carbonyl (C=O) groups excluding carboxylic acids is 1. The number of fused-ring (bicyclic) bond motifs is 1. The molecule has 1 aromatic heterocycles. The van der Waals surface area contributed by atoms with Gasteiger partial charge in [-0.3, -0.25) is 4.79 Å². The minimum Gasteiger partial charge on any atom is -0.347 e. The Hall–Kier alpha value is -2.41. The van der Waals surface area contributed by atoms with Crippen molar-refractivity contribution in [2.45, 2.75) is 19.8 Å². The van der Waals surface area contributed by atoms with Crippen molar-refractivity contribution in [1.82, 2.24) is 19.9 Å². The molecule has 126 valence electrons. The molecule has 4 heterocycles. The minimum atomic E-state index is 0.109. The maximum atomic E-state index is 12.8. The average molecular weight is 326 g/mol. The second-order valence-electron chi connectivity index (χ2n) is 6.53. The van der Waals surface area contributed by atoms with Crippen LogP contribution in [0.15, 0.2) is 40.1 Å². The van der Waals surface area contributed by atoms with Crippen LogP contribution < -0.4 is 5.43 Å². The van der Waals surface area contributed by atoms with Gasteiger partial charge in [-0.1, -0.05) is 0 Å². The number of guanidine groups is 1. The van der Waals surface area contributed by atoms with Crippen LogP contribution in [0.3, 0.4) is 0 Å². The lowest BCUT2D eigenvalue weighted by Crippen LogP contribution is -2.46. The fourth-order valence-electron chi connectivity index (χ4n) is 3.63. The molecule has 0 spiro atoms. The van der Waals surface area contributed by atoms with E-state index >= 15 is 0 Å². The predicted octanol–water partition coefficient (Wildman–Crippen LogP) is 1.37. The summed E-state index contributed by atoms with van der Waals surface area (Å²) in [4.78, 5) is 23.6. The molecular formula is C17H22N6O. The molecule has 0 aliphatic carbocycles. The van der Waals surface area contributed by atoms with E-state index in [1.54, 1.807) is 0 Å². The standard InChI is InChI=1S/C17H22N6O/c1-12-9-15(23-17(20-12)18-11-19-23)13-5-3-8-22(10-13)16(24)14-6-4-7-21(14)2/h4,6-7,9,13,19H,3,5,8,10-11H2,1-2H3. The van der Waals surface area contributed by atoms with Crippen LogP contribution in [0.4, 0.5) is 0 Å². The Bertz CT molecular complexity index is 759. The second kappa shape index (κ2) is 5.90. The summed E-state index contributed by atoms with van der Waals surface area (Å²) in [5.41, 5.74) is 6.13. The van der Waals surface area contributed by atoms with Crippen LogP contribution in [-0.4, -0.2) is 51.8 Å². The predicted molar refractivity (Wildman–Crippen MR) is 92.5 cm³/mol. The number of hydrogen-bond acceptors (Lipinski definition) is 5. The van der Waals surface area contributed by atoms with Crippen LogP contribution in [0.5, 0.6) is 0 Å². The minimum absolute atomic E-state index is 0.109. The molecule has 0 radical (unpaired) electrons.